The number of nitrogens with one attached hydrogen (secondary N) is 1. The fourth-order valence-electron chi connectivity index (χ4n) is 1.87. The average Bonchev–Trinajstić information content (AvgIpc) is 2.46. The van der Waals surface area contributed by atoms with E-state index in [4.69, 9.17) is 5.26 Å². The molecule has 0 aliphatic heterocycles. The molecule has 102 valence electrons. The van der Waals surface area contributed by atoms with Gasteiger partial charge in [-0.2, -0.15) is 5.26 Å². The highest BCUT2D eigenvalue weighted by Crippen LogP contribution is 2.18. The normalized spacial score (nSPS) is 9.90. The number of nitrogens with zero attached hydrogens (tertiary/aromatic N) is 2. The quantitative estimate of drug-likeness (QED) is 0.924. The molecule has 0 saturated heterocycles. The van der Waals surface area contributed by atoms with Crippen LogP contribution in [0.25, 0.3) is 0 Å². The third kappa shape index (κ3) is 3.27. The number of rotatable bonds is 4. The van der Waals surface area contributed by atoms with E-state index in [2.05, 4.69) is 5.32 Å². The summed E-state index contributed by atoms with van der Waals surface area (Å²) >= 11 is 0. The molecule has 0 saturated carbocycles. The van der Waals surface area contributed by atoms with Crippen LogP contribution in [0, 0.1) is 17.1 Å². The van der Waals surface area contributed by atoms with Gasteiger partial charge in [-0.1, -0.05) is 12.1 Å². The molecule has 0 atom stereocenters. The summed E-state index contributed by atoms with van der Waals surface area (Å²) in [4.78, 5) is 2.03. The predicted molar refractivity (Wildman–Crippen MR) is 79.2 cm³/mol. The Labute approximate surface area is 118 Å². The molecule has 4 heteroatoms. The third-order valence-corrected chi connectivity index (χ3v) is 3.04. The van der Waals surface area contributed by atoms with E-state index in [1.165, 1.54) is 12.1 Å². The summed E-state index contributed by atoms with van der Waals surface area (Å²) < 4.78 is 13.0. The number of hydrogen-bond acceptors (Lipinski definition) is 3. The summed E-state index contributed by atoms with van der Waals surface area (Å²) in [7, 11) is 3.98. The minimum Gasteiger partial charge on any atom is -0.380 e. The minimum absolute atomic E-state index is 0.315. The Morgan fingerprint density at radius 2 is 1.85 bits per heavy atom. The maximum Gasteiger partial charge on any atom is 0.124 e. The average molecular weight is 269 g/mol. The minimum atomic E-state index is -0.401. The fourth-order valence-corrected chi connectivity index (χ4v) is 1.87. The molecule has 0 aliphatic rings. The first kappa shape index (κ1) is 13.9. The van der Waals surface area contributed by atoms with Crippen molar-refractivity contribution in [3.05, 3.63) is 59.4 Å². The lowest BCUT2D eigenvalue weighted by molar-refractivity contribution is 0.627. The zero-order valence-corrected chi connectivity index (χ0v) is 11.5. The van der Waals surface area contributed by atoms with E-state index < -0.39 is 5.82 Å². The molecule has 0 fully saturated rings. The molecule has 2 rings (SSSR count). The van der Waals surface area contributed by atoms with Gasteiger partial charge in [-0.15, -0.1) is 0 Å². The van der Waals surface area contributed by atoms with Crippen molar-refractivity contribution >= 4 is 11.4 Å². The SMILES string of the molecule is CN(C)c1ccc(CNc2ccc(F)cc2C#N)cc1. The molecular weight excluding hydrogens is 253 g/mol. The van der Waals surface area contributed by atoms with Crippen molar-refractivity contribution < 1.29 is 4.39 Å². The molecule has 0 aliphatic carbocycles. The van der Waals surface area contributed by atoms with Gasteiger partial charge in [-0.25, -0.2) is 4.39 Å². The molecule has 3 nitrogen and oxygen atoms in total. The molecular formula is C16H16FN3. The zero-order chi connectivity index (χ0) is 14.5. The maximum absolute atomic E-state index is 13.0. The lowest BCUT2D eigenvalue weighted by Gasteiger charge is -2.13. The number of hydrogen-bond donors (Lipinski definition) is 1. The number of anilines is 2. The van der Waals surface area contributed by atoms with Crippen LogP contribution in [0.1, 0.15) is 11.1 Å². The molecule has 20 heavy (non-hydrogen) atoms. The molecule has 0 aromatic heterocycles. The second kappa shape index (κ2) is 6.07. The van der Waals surface area contributed by atoms with Crippen LogP contribution < -0.4 is 10.2 Å². The van der Waals surface area contributed by atoms with E-state index in [-0.39, 0.29) is 0 Å². The first-order valence-electron chi connectivity index (χ1n) is 6.30. The van der Waals surface area contributed by atoms with E-state index in [1.807, 2.05) is 49.3 Å². The van der Waals surface area contributed by atoms with Gasteiger partial charge in [0.1, 0.15) is 11.9 Å². The van der Waals surface area contributed by atoms with Crippen LogP contribution in [-0.4, -0.2) is 14.1 Å². The van der Waals surface area contributed by atoms with E-state index in [0.29, 0.717) is 17.8 Å². The van der Waals surface area contributed by atoms with Crippen LogP contribution in [0.4, 0.5) is 15.8 Å². The molecule has 0 unspecified atom stereocenters. The second-order valence-corrected chi connectivity index (χ2v) is 4.72. The summed E-state index contributed by atoms with van der Waals surface area (Å²) in [6.45, 7) is 0.591. The van der Waals surface area contributed by atoms with Gasteiger partial charge in [0.2, 0.25) is 0 Å². The Hall–Kier alpha value is -2.54. The van der Waals surface area contributed by atoms with Crippen LogP contribution in [-0.2, 0) is 6.54 Å². The van der Waals surface area contributed by atoms with Gasteiger partial charge in [0.25, 0.3) is 0 Å². The van der Waals surface area contributed by atoms with Crippen molar-refractivity contribution in [2.45, 2.75) is 6.54 Å². The van der Waals surface area contributed by atoms with Crippen molar-refractivity contribution in [1.29, 1.82) is 5.26 Å². The first-order valence-corrected chi connectivity index (χ1v) is 6.30. The Morgan fingerprint density at radius 1 is 1.15 bits per heavy atom. The van der Waals surface area contributed by atoms with Crippen molar-refractivity contribution in [3.63, 3.8) is 0 Å². The lowest BCUT2D eigenvalue weighted by Crippen LogP contribution is -2.08. The summed E-state index contributed by atoms with van der Waals surface area (Å²) in [6, 6.07) is 14.3. The highest BCUT2D eigenvalue weighted by Gasteiger charge is 2.03. The van der Waals surface area contributed by atoms with E-state index in [9.17, 15) is 4.39 Å². The van der Waals surface area contributed by atoms with Crippen LogP contribution in [0.3, 0.4) is 0 Å². The van der Waals surface area contributed by atoms with Gasteiger partial charge in [0, 0.05) is 26.3 Å². The first-order chi connectivity index (χ1) is 9.60. The van der Waals surface area contributed by atoms with Gasteiger partial charge in [0.15, 0.2) is 0 Å². The third-order valence-electron chi connectivity index (χ3n) is 3.04. The van der Waals surface area contributed by atoms with Crippen molar-refractivity contribution in [2.24, 2.45) is 0 Å². The largest absolute Gasteiger partial charge is 0.380 e. The van der Waals surface area contributed by atoms with Gasteiger partial charge in [-0.3, -0.25) is 0 Å². The van der Waals surface area contributed by atoms with Gasteiger partial charge in [0.05, 0.1) is 11.3 Å². The van der Waals surface area contributed by atoms with Gasteiger partial charge < -0.3 is 10.2 Å². The Morgan fingerprint density at radius 3 is 2.45 bits per heavy atom. The second-order valence-electron chi connectivity index (χ2n) is 4.72. The van der Waals surface area contributed by atoms with Crippen LogP contribution in [0.15, 0.2) is 42.5 Å². The van der Waals surface area contributed by atoms with E-state index in [0.717, 1.165) is 11.3 Å². The Bertz CT molecular complexity index is 627. The highest BCUT2D eigenvalue weighted by atomic mass is 19.1. The van der Waals surface area contributed by atoms with Crippen molar-refractivity contribution in [3.8, 4) is 6.07 Å². The number of nitriles is 1. The predicted octanol–water partition coefficient (Wildman–Crippen LogP) is 3.38. The zero-order valence-electron chi connectivity index (χ0n) is 11.5. The Kier molecular flexibility index (Phi) is 4.21. The summed E-state index contributed by atoms with van der Waals surface area (Å²) in [5.41, 5.74) is 3.19. The molecule has 0 heterocycles. The maximum atomic E-state index is 13.0. The summed E-state index contributed by atoms with van der Waals surface area (Å²) in [6.07, 6.45) is 0. The molecule has 2 aromatic rings. The molecule has 0 amide bonds. The molecule has 0 radical (unpaired) electrons. The van der Waals surface area contributed by atoms with Crippen LogP contribution in [0.5, 0.6) is 0 Å². The van der Waals surface area contributed by atoms with Crippen molar-refractivity contribution in [2.75, 3.05) is 24.3 Å². The smallest absolute Gasteiger partial charge is 0.124 e. The molecule has 2 aromatic carbocycles. The van der Waals surface area contributed by atoms with Crippen molar-refractivity contribution in [1.82, 2.24) is 0 Å². The van der Waals surface area contributed by atoms with Gasteiger partial charge >= 0.3 is 0 Å². The monoisotopic (exact) mass is 269 g/mol. The van der Waals surface area contributed by atoms with Crippen LogP contribution in [0.2, 0.25) is 0 Å². The highest BCUT2D eigenvalue weighted by molar-refractivity contribution is 5.57. The number of halogens is 1. The fraction of sp³-hybridized carbons (Fsp3) is 0.188. The standard InChI is InChI=1S/C16H16FN3/c1-20(2)15-6-3-12(4-7-15)11-19-16-8-5-14(17)9-13(16)10-18/h3-9,19H,11H2,1-2H3. The van der Waals surface area contributed by atoms with Crippen LogP contribution >= 0.6 is 0 Å². The lowest BCUT2D eigenvalue weighted by atomic mass is 10.1. The summed E-state index contributed by atoms with van der Waals surface area (Å²) in [5, 5.41) is 12.1. The molecule has 1 N–H and O–H groups in total. The Balaban J connectivity index is 2.07. The molecule has 0 bridgehead atoms. The molecule has 0 spiro atoms. The summed E-state index contributed by atoms with van der Waals surface area (Å²) in [5.74, 6) is -0.401. The van der Waals surface area contributed by atoms with E-state index in [1.54, 1.807) is 6.07 Å². The topological polar surface area (TPSA) is 39.1 Å². The van der Waals surface area contributed by atoms with E-state index >= 15 is 0 Å². The number of benzene rings is 2. The van der Waals surface area contributed by atoms with Gasteiger partial charge in [-0.05, 0) is 35.9 Å².